The molecule has 7 heteroatoms. The molecule has 1 aliphatic carbocycles. The summed E-state index contributed by atoms with van der Waals surface area (Å²) >= 11 is 0. The van der Waals surface area contributed by atoms with Gasteiger partial charge < -0.3 is 16.4 Å². The minimum absolute atomic E-state index is 0. The van der Waals surface area contributed by atoms with E-state index >= 15 is 0 Å². The number of rotatable bonds is 6. The zero-order chi connectivity index (χ0) is 19.5. The molecule has 2 aliphatic rings. The van der Waals surface area contributed by atoms with E-state index in [0.29, 0.717) is 23.8 Å². The van der Waals surface area contributed by atoms with Crippen LogP contribution < -0.4 is 16.4 Å². The second kappa shape index (κ2) is 9.39. The molecule has 2 atom stereocenters. The Hall–Kier alpha value is -2.41. The van der Waals surface area contributed by atoms with Gasteiger partial charge in [-0.15, -0.1) is 12.4 Å². The monoisotopic (exact) mass is 414 g/mol. The van der Waals surface area contributed by atoms with Crippen molar-refractivity contribution in [3.8, 4) is 0 Å². The summed E-state index contributed by atoms with van der Waals surface area (Å²) < 4.78 is 0. The number of hydrogen-bond acceptors (Lipinski definition) is 4. The molecule has 0 radical (unpaired) electrons. The number of hydrogen-bond donors (Lipinski definition) is 3. The summed E-state index contributed by atoms with van der Waals surface area (Å²) in [5.74, 6) is 0.0546. The first-order valence-corrected chi connectivity index (χ1v) is 9.82. The third kappa shape index (κ3) is 5.56. The highest BCUT2D eigenvalue weighted by atomic mass is 35.5. The van der Waals surface area contributed by atoms with Crippen molar-refractivity contribution in [3.63, 3.8) is 0 Å². The Morgan fingerprint density at radius 2 is 1.79 bits per heavy atom. The SMILES string of the molecule is Cl.N[C@@H]1CN(CC(=O)Nc2cccc(C(=O)NC3CC3)c2)C[C@H]1c1ccccc1. The molecule has 1 saturated carbocycles. The summed E-state index contributed by atoms with van der Waals surface area (Å²) in [4.78, 5) is 26.8. The summed E-state index contributed by atoms with van der Waals surface area (Å²) in [5.41, 5.74) is 8.73. The second-order valence-corrected chi connectivity index (χ2v) is 7.75. The fraction of sp³-hybridized carbons (Fsp3) is 0.364. The second-order valence-electron chi connectivity index (χ2n) is 7.75. The molecule has 2 fully saturated rings. The quantitative estimate of drug-likeness (QED) is 0.677. The Morgan fingerprint density at radius 3 is 2.52 bits per heavy atom. The van der Waals surface area contributed by atoms with E-state index in [-0.39, 0.29) is 42.7 Å². The summed E-state index contributed by atoms with van der Waals surface area (Å²) in [6.45, 7) is 1.74. The average Bonchev–Trinajstić information content (AvgIpc) is 3.43. The first-order chi connectivity index (χ1) is 13.6. The fourth-order valence-corrected chi connectivity index (χ4v) is 3.73. The van der Waals surface area contributed by atoms with Crippen LogP contribution in [0.1, 0.15) is 34.7 Å². The van der Waals surface area contributed by atoms with Gasteiger partial charge in [-0.2, -0.15) is 0 Å². The summed E-state index contributed by atoms with van der Waals surface area (Å²) in [5, 5.41) is 5.86. The number of carbonyl (C=O) groups is 2. The maximum Gasteiger partial charge on any atom is 0.251 e. The topological polar surface area (TPSA) is 87.5 Å². The molecule has 1 heterocycles. The predicted octanol–water partition coefficient (Wildman–Crippen LogP) is 2.37. The Morgan fingerprint density at radius 1 is 1.03 bits per heavy atom. The lowest BCUT2D eigenvalue weighted by Crippen LogP contribution is -2.33. The van der Waals surface area contributed by atoms with Crippen molar-refractivity contribution in [1.82, 2.24) is 10.2 Å². The number of nitrogens with two attached hydrogens (primary N) is 1. The van der Waals surface area contributed by atoms with Crippen LogP contribution in [-0.2, 0) is 4.79 Å². The number of benzene rings is 2. The van der Waals surface area contributed by atoms with Gasteiger partial charge in [-0.25, -0.2) is 0 Å². The molecule has 0 unspecified atom stereocenters. The van der Waals surface area contributed by atoms with Gasteiger partial charge in [0, 0.05) is 42.3 Å². The normalized spacial score (nSPS) is 21.3. The molecule has 4 rings (SSSR count). The number of amides is 2. The van der Waals surface area contributed by atoms with Crippen molar-refractivity contribution in [2.75, 3.05) is 25.0 Å². The van der Waals surface area contributed by atoms with E-state index in [1.54, 1.807) is 24.3 Å². The van der Waals surface area contributed by atoms with Crippen molar-refractivity contribution in [1.29, 1.82) is 0 Å². The lowest BCUT2D eigenvalue weighted by Gasteiger charge is -2.16. The van der Waals surface area contributed by atoms with E-state index in [1.807, 2.05) is 18.2 Å². The summed E-state index contributed by atoms with van der Waals surface area (Å²) in [7, 11) is 0. The molecule has 1 aliphatic heterocycles. The van der Waals surface area contributed by atoms with E-state index < -0.39 is 0 Å². The number of nitrogens with zero attached hydrogens (tertiary/aromatic N) is 1. The van der Waals surface area contributed by atoms with Crippen molar-refractivity contribution < 1.29 is 9.59 Å². The van der Waals surface area contributed by atoms with Crippen LogP contribution in [-0.4, -0.2) is 48.4 Å². The van der Waals surface area contributed by atoms with Crippen LogP contribution in [0, 0.1) is 0 Å². The van der Waals surface area contributed by atoms with Crippen LogP contribution in [0.5, 0.6) is 0 Å². The lowest BCUT2D eigenvalue weighted by atomic mass is 9.95. The molecule has 0 spiro atoms. The highest BCUT2D eigenvalue weighted by molar-refractivity contribution is 5.97. The number of anilines is 1. The van der Waals surface area contributed by atoms with Gasteiger partial charge in [0.25, 0.3) is 5.91 Å². The molecule has 6 nitrogen and oxygen atoms in total. The molecule has 0 aromatic heterocycles. The maximum atomic E-state index is 12.5. The first-order valence-electron chi connectivity index (χ1n) is 9.82. The van der Waals surface area contributed by atoms with E-state index in [0.717, 1.165) is 19.4 Å². The Balaban J connectivity index is 0.00000240. The third-order valence-corrected chi connectivity index (χ3v) is 5.36. The van der Waals surface area contributed by atoms with Crippen LogP contribution >= 0.6 is 12.4 Å². The zero-order valence-corrected chi connectivity index (χ0v) is 17.0. The van der Waals surface area contributed by atoms with Crippen LogP contribution in [0.3, 0.4) is 0 Å². The Kier molecular flexibility index (Phi) is 6.90. The molecular weight excluding hydrogens is 388 g/mol. The van der Waals surface area contributed by atoms with Gasteiger partial charge >= 0.3 is 0 Å². The average molecular weight is 415 g/mol. The van der Waals surface area contributed by atoms with Gasteiger partial charge in [0.2, 0.25) is 5.91 Å². The largest absolute Gasteiger partial charge is 0.349 e. The van der Waals surface area contributed by atoms with Crippen molar-refractivity contribution >= 4 is 29.9 Å². The van der Waals surface area contributed by atoms with Crippen LogP contribution in [0.25, 0.3) is 0 Å². The van der Waals surface area contributed by atoms with E-state index in [2.05, 4.69) is 27.7 Å². The molecule has 0 bridgehead atoms. The Bertz CT molecular complexity index is 857. The molecule has 2 aromatic rings. The zero-order valence-electron chi connectivity index (χ0n) is 16.2. The van der Waals surface area contributed by atoms with Crippen molar-refractivity contribution in [2.45, 2.75) is 30.8 Å². The maximum absolute atomic E-state index is 12.5. The molecule has 2 aromatic carbocycles. The van der Waals surface area contributed by atoms with Gasteiger partial charge in [-0.3, -0.25) is 14.5 Å². The van der Waals surface area contributed by atoms with Gasteiger partial charge in [-0.1, -0.05) is 36.4 Å². The van der Waals surface area contributed by atoms with E-state index in [4.69, 9.17) is 5.73 Å². The number of likely N-dealkylation sites (tertiary alicyclic amines) is 1. The molecule has 29 heavy (non-hydrogen) atoms. The van der Waals surface area contributed by atoms with Gasteiger partial charge in [-0.05, 0) is 36.6 Å². The van der Waals surface area contributed by atoms with Crippen molar-refractivity contribution in [2.24, 2.45) is 5.73 Å². The predicted molar refractivity (Wildman–Crippen MR) is 116 cm³/mol. The van der Waals surface area contributed by atoms with Crippen LogP contribution in [0.4, 0.5) is 5.69 Å². The third-order valence-electron chi connectivity index (χ3n) is 5.36. The van der Waals surface area contributed by atoms with Gasteiger partial charge in [0.1, 0.15) is 0 Å². The minimum atomic E-state index is -0.0966. The smallest absolute Gasteiger partial charge is 0.251 e. The Labute approximate surface area is 177 Å². The molecule has 2 amide bonds. The van der Waals surface area contributed by atoms with Crippen LogP contribution in [0.15, 0.2) is 54.6 Å². The standard InChI is InChI=1S/C22H26N4O2.ClH/c23-20-13-26(12-19(20)15-5-2-1-3-6-15)14-21(27)24-18-8-4-7-16(11-18)22(28)25-17-9-10-17;/h1-8,11,17,19-20H,9-10,12-14,23H2,(H,24,27)(H,25,28);1H/t19-,20+;/m0./s1. The van der Waals surface area contributed by atoms with Gasteiger partial charge in [0.15, 0.2) is 0 Å². The van der Waals surface area contributed by atoms with E-state index in [1.165, 1.54) is 5.56 Å². The molecular formula is C22H27ClN4O2. The summed E-state index contributed by atoms with van der Waals surface area (Å²) in [6, 6.07) is 17.6. The lowest BCUT2D eigenvalue weighted by molar-refractivity contribution is -0.117. The van der Waals surface area contributed by atoms with Gasteiger partial charge in [0.05, 0.1) is 6.54 Å². The highest BCUT2D eigenvalue weighted by Crippen LogP contribution is 2.26. The first kappa shape index (κ1) is 21.3. The molecule has 1 saturated heterocycles. The van der Waals surface area contributed by atoms with E-state index in [9.17, 15) is 9.59 Å². The number of nitrogens with one attached hydrogen (secondary N) is 2. The fourth-order valence-electron chi connectivity index (χ4n) is 3.73. The number of halogens is 1. The number of carbonyl (C=O) groups excluding carboxylic acids is 2. The minimum Gasteiger partial charge on any atom is -0.349 e. The molecule has 154 valence electrons. The molecule has 4 N–H and O–H groups in total. The van der Waals surface area contributed by atoms with Crippen LogP contribution in [0.2, 0.25) is 0 Å². The highest BCUT2D eigenvalue weighted by Gasteiger charge is 2.32. The summed E-state index contributed by atoms with van der Waals surface area (Å²) in [6.07, 6.45) is 2.09. The van der Waals surface area contributed by atoms with Crippen molar-refractivity contribution in [3.05, 3.63) is 65.7 Å².